The van der Waals surface area contributed by atoms with Crippen molar-refractivity contribution in [3.63, 3.8) is 0 Å². The minimum atomic E-state index is -0.0126. The minimum absolute atomic E-state index is 0.0126. The monoisotopic (exact) mass is 373 g/mol. The maximum atomic E-state index is 12.6. The molecule has 0 saturated heterocycles. The Balaban J connectivity index is 1.44. The van der Waals surface area contributed by atoms with Gasteiger partial charge in [0, 0.05) is 17.5 Å². The first kappa shape index (κ1) is 18.5. The van der Waals surface area contributed by atoms with Gasteiger partial charge in [-0.15, -0.1) is 0 Å². The van der Waals surface area contributed by atoms with Crippen molar-refractivity contribution in [3.05, 3.63) is 77.0 Å². The molecule has 0 radical (unpaired) electrons. The molecule has 0 spiro atoms. The summed E-state index contributed by atoms with van der Waals surface area (Å²) in [5, 5.41) is 8.64. The number of nitrogens with one attached hydrogen (secondary N) is 1. The van der Waals surface area contributed by atoms with Gasteiger partial charge in [0.05, 0.1) is 18.3 Å². The standard InChI is InChI=1S/C24H27N3O/c1-18-7-9-20(10-8-18)17-27-23-15-21(11-12-22(23)16-26-27)24(28)25-14-13-19-5-3-2-4-6-19/h5,7-12,15-16H,2-4,6,13-14,17H2,1H3,(H,25,28). The van der Waals surface area contributed by atoms with Crippen molar-refractivity contribution in [1.82, 2.24) is 15.1 Å². The molecule has 4 rings (SSSR count). The highest BCUT2D eigenvalue weighted by atomic mass is 16.1. The summed E-state index contributed by atoms with van der Waals surface area (Å²) in [6, 6.07) is 14.3. The van der Waals surface area contributed by atoms with Crippen LogP contribution in [0, 0.1) is 6.92 Å². The van der Waals surface area contributed by atoms with Gasteiger partial charge in [-0.25, -0.2) is 0 Å². The first-order valence-corrected chi connectivity index (χ1v) is 10.2. The summed E-state index contributed by atoms with van der Waals surface area (Å²) < 4.78 is 1.96. The topological polar surface area (TPSA) is 46.9 Å². The molecule has 0 unspecified atom stereocenters. The molecule has 0 saturated carbocycles. The molecule has 1 aromatic heterocycles. The summed E-state index contributed by atoms with van der Waals surface area (Å²) in [5.74, 6) is -0.0126. The highest BCUT2D eigenvalue weighted by Crippen LogP contribution is 2.20. The van der Waals surface area contributed by atoms with E-state index in [1.807, 2.05) is 29.1 Å². The van der Waals surface area contributed by atoms with Crippen molar-refractivity contribution in [2.24, 2.45) is 0 Å². The zero-order chi connectivity index (χ0) is 19.3. The fourth-order valence-corrected chi connectivity index (χ4v) is 3.77. The molecule has 0 aliphatic heterocycles. The molecule has 1 aliphatic rings. The summed E-state index contributed by atoms with van der Waals surface area (Å²) >= 11 is 0. The minimum Gasteiger partial charge on any atom is -0.352 e. The van der Waals surface area contributed by atoms with Gasteiger partial charge in [0.1, 0.15) is 0 Å². The number of aryl methyl sites for hydroxylation is 1. The van der Waals surface area contributed by atoms with E-state index in [0.29, 0.717) is 18.7 Å². The number of carbonyl (C=O) groups excluding carboxylic acids is 1. The molecule has 0 fully saturated rings. The van der Waals surface area contributed by atoms with Crippen LogP contribution in [0.15, 0.2) is 60.3 Å². The molecule has 1 heterocycles. The molecule has 0 atom stereocenters. The van der Waals surface area contributed by atoms with Crippen LogP contribution in [0.4, 0.5) is 0 Å². The van der Waals surface area contributed by atoms with Crippen LogP contribution in [-0.4, -0.2) is 22.2 Å². The zero-order valence-electron chi connectivity index (χ0n) is 16.4. The van der Waals surface area contributed by atoms with Gasteiger partial charge in [0.15, 0.2) is 0 Å². The average Bonchev–Trinajstić information content (AvgIpc) is 3.12. The second kappa shape index (κ2) is 8.42. The smallest absolute Gasteiger partial charge is 0.251 e. The molecule has 2 aromatic carbocycles. The molecule has 1 amide bonds. The third-order valence-electron chi connectivity index (χ3n) is 5.48. The van der Waals surface area contributed by atoms with E-state index in [1.165, 1.54) is 42.4 Å². The molecular weight excluding hydrogens is 346 g/mol. The summed E-state index contributed by atoms with van der Waals surface area (Å²) in [6.07, 6.45) is 10.1. The SMILES string of the molecule is Cc1ccc(Cn2ncc3ccc(C(=O)NCCC4=CCCCC4)cc32)cc1. The quantitative estimate of drug-likeness (QED) is 0.617. The fraction of sp³-hybridized carbons (Fsp3) is 0.333. The Morgan fingerprint density at radius 2 is 2.00 bits per heavy atom. The van der Waals surface area contributed by atoms with E-state index in [1.54, 1.807) is 0 Å². The number of hydrogen-bond donors (Lipinski definition) is 1. The van der Waals surface area contributed by atoms with E-state index in [0.717, 1.165) is 17.3 Å². The summed E-state index contributed by atoms with van der Waals surface area (Å²) in [5.41, 5.74) is 5.61. The second-order valence-corrected chi connectivity index (χ2v) is 7.68. The van der Waals surface area contributed by atoms with Crippen LogP contribution in [0.2, 0.25) is 0 Å². The van der Waals surface area contributed by atoms with Crippen LogP contribution in [0.1, 0.15) is 53.6 Å². The third-order valence-corrected chi connectivity index (χ3v) is 5.48. The van der Waals surface area contributed by atoms with Gasteiger partial charge < -0.3 is 5.32 Å². The highest BCUT2D eigenvalue weighted by Gasteiger charge is 2.10. The van der Waals surface area contributed by atoms with Gasteiger partial charge in [-0.3, -0.25) is 9.48 Å². The van der Waals surface area contributed by atoms with Gasteiger partial charge >= 0.3 is 0 Å². The number of benzene rings is 2. The van der Waals surface area contributed by atoms with Gasteiger partial charge in [-0.05, 0) is 56.7 Å². The summed E-state index contributed by atoms with van der Waals surface area (Å²) in [6.45, 7) is 3.48. The van der Waals surface area contributed by atoms with Crippen LogP contribution in [-0.2, 0) is 6.54 Å². The molecule has 0 bridgehead atoms. The van der Waals surface area contributed by atoms with Crippen LogP contribution in [0.25, 0.3) is 10.9 Å². The fourth-order valence-electron chi connectivity index (χ4n) is 3.77. The average molecular weight is 374 g/mol. The van der Waals surface area contributed by atoms with Crippen molar-refractivity contribution >= 4 is 16.8 Å². The predicted molar refractivity (Wildman–Crippen MR) is 114 cm³/mol. The highest BCUT2D eigenvalue weighted by molar-refractivity contribution is 5.97. The van der Waals surface area contributed by atoms with E-state index >= 15 is 0 Å². The molecule has 4 nitrogen and oxygen atoms in total. The number of rotatable bonds is 6. The van der Waals surface area contributed by atoms with E-state index < -0.39 is 0 Å². The Morgan fingerprint density at radius 1 is 1.14 bits per heavy atom. The van der Waals surface area contributed by atoms with Crippen LogP contribution < -0.4 is 5.32 Å². The second-order valence-electron chi connectivity index (χ2n) is 7.68. The Hall–Kier alpha value is -2.88. The summed E-state index contributed by atoms with van der Waals surface area (Å²) in [4.78, 5) is 12.6. The number of carbonyl (C=O) groups is 1. The first-order valence-electron chi connectivity index (χ1n) is 10.2. The number of allylic oxidation sites excluding steroid dienone is 1. The molecule has 28 heavy (non-hydrogen) atoms. The van der Waals surface area contributed by atoms with Crippen LogP contribution in [0.5, 0.6) is 0 Å². The predicted octanol–water partition coefficient (Wildman–Crippen LogP) is 5.01. The van der Waals surface area contributed by atoms with Gasteiger partial charge in [-0.2, -0.15) is 5.10 Å². The van der Waals surface area contributed by atoms with E-state index in [4.69, 9.17) is 0 Å². The van der Waals surface area contributed by atoms with Gasteiger partial charge in [0.2, 0.25) is 0 Å². The van der Waals surface area contributed by atoms with Crippen molar-refractivity contribution < 1.29 is 4.79 Å². The Labute approximate surface area is 166 Å². The lowest BCUT2D eigenvalue weighted by Gasteiger charge is -2.13. The van der Waals surface area contributed by atoms with Gasteiger partial charge in [-0.1, -0.05) is 47.5 Å². The Kier molecular flexibility index (Phi) is 5.56. The molecular formula is C24H27N3O. The number of hydrogen-bond acceptors (Lipinski definition) is 2. The Morgan fingerprint density at radius 3 is 2.79 bits per heavy atom. The lowest BCUT2D eigenvalue weighted by atomic mass is 9.97. The van der Waals surface area contributed by atoms with Crippen molar-refractivity contribution in [1.29, 1.82) is 0 Å². The number of aromatic nitrogens is 2. The maximum Gasteiger partial charge on any atom is 0.251 e. The number of amides is 1. The maximum absolute atomic E-state index is 12.6. The zero-order valence-corrected chi connectivity index (χ0v) is 16.4. The molecule has 1 aliphatic carbocycles. The Bertz CT molecular complexity index is 998. The first-order chi connectivity index (χ1) is 13.7. The van der Waals surface area contributed by atoms with Crippen molar-refractivity contribution in [2.75, 3.05) is 6.54 Å². The van der Waals surface area contributed by atoms with Crippen LogP contribution >= 0.6 is 0 Å². The number of nitrogens with zero attached hydrogens (tertiary/aromatic N) is 2. The lowest BCUT2D eigenvalue weighted by molar-refractivity contribution is 0.0954. The molecule has 1 N–H and O–H groups in total. The van der Waals surface area contributed by atoms with Crippen molar-refractivity contribution in [2.45, 2.75) is 45.6 Å². The van der Waals surface area contributed by atoms with E-state index in [9.17, 15) is 4.79 Å². The van der Waals surface area contributed by atoms with Crippen molar-refractivity contribution in [3.8, 4) is 0 Å². The lowest BCUT2D eigenvalue weighted by Crippen LogP contribution is -2.24. The number of fused-ring (bicyclic) bond motifs is 1. The van der Waals surface area contributed by atoms with E-state index in [-0.39, 0.29) is 5.91 Å². The summed E-state index contributed by atoms with van der Waals surface area (Å²) in [7, 11) is 0. The molecule has 144 valence electrons. The van der Waals surface area contributed by atoms with Crippen LogP contribution in [0.3, 0.4) is 0 Å². The van der Waals surface area contributed by atoms with E-state index in [2.05, 4.69) is 47.7 Å². The normalized spacial score (nSPS) is 14.1. The molecule has 3 aromatic rings. The van der Waals surface area contributed by atoms with Gasteiger partial charge in [0.25, 0.3) is 5.91 Å². The third kappa shape index (κ3) is 4.33. The largest absolute Gasteiger partial charge is 0.352 e. The molecule has 4 heteroatoms.